The Labute approximate surface area is 273 Å². The molecule has 47 heavy (non-hydrogen) atoms. The molecule has 226 valence electrons. The average Bonchev–Trinajstić information content (AvgIpc) is 3.87. The summed E-state index contributed by atoms with van der Waals surface area (Å²) >= 11 is 0. The van der Waals surface area contributed by atoms with Crippen LogP contribution < -0.4 is 5.32 Å². The predicted molar refractivity (Wildman–Crippen MR) is 190 cm³/mol. The third-order valence-electron chi connectivity index (χ3n) is 10.3. The maximum absolute atomic E-state index is 5.31. The van der Waals surface area contributed by atoms with Crippen molar-refractivity contribution in [1.82, 2.24) is 20.2 Å². The van der Waals surface area contributed by atoms with Gasteiger partial charge in [-0.1, -0.05) is 91.0 Å². The first-order valence-corrected chi connectivity index (χ1v) is 16.6. The summed E-state index contributed by atoms with van der Waals surface area (Å²) in [6.45, 7) is 0.836. The first-order chi connectivity index (χ1) is 23.3. The number of fused-ring (bicyclic) bond motifs is 8. The van der Waals surface area contributed by atoms with Crippen LogP contribution in [0.25, 0.3) is 33.9 Å². The van der Waals surface area contributed by atoms with Crippen molar-refractivity contribution in [2.75, 3.05) is 0 Å². The lowest BCUT2D eigenvalue weighted by Gasteiger charge is -2.24. The standard InChI is InChI=1S/C41H32N6/c1-2-7-25(8-3-1)36-24-47-23-32-37(41(47)46-36)31-10-4-5-11-34(31)45-38(32)28-14-12-26(13-15-28)33-18-19-35(44-33)29-20-22-43-40-30(29)17-16-27-9-6-21-42-39(27)40/h1-4,6-10,12-19,21-22,24,29,35,41,46H,5,11,20,23H2. The lowest BCUT2D eigenvalue weighted by Crippen LogP contribution is -2.22. The Balaban J connectivity index is 0.957. The molecule has 2 aromatic heterocycles. The van der Waals surface area contributed by atoms with Crippen molar-refractivity contribution in [2.45, 2.75) is 43.9 Å². The van der Waals surface area contributed by atoms with Gasteiger partial charge in [-0.05, 0) is 48.1 Å². The first kappa shape index (κ1) is 26.6. The Morgan fingerprint density at radius 1 is 0.851 bits per heavy atom. The molecular weight excluding hydrogens is 576 g/mol. The van der Waals surface area contributed by atoms with Crippen molar-refractivity contribution in [3.63, 3.8) is 0 Å². The van der Waals surface area contributed by atoms with E-state index < -0.39 is 0 Å². The molecule has 4 aliphatic heterocycles. The molecule has 6 heterocycles. The number of hydrogen-bond acceptors (Lipinski definition) is 6. The lowest BCUT2D eigenvalue weighted by molar-refractivity contribution is 0.312. The molecule has 3 unspecified atom stereocenters. The number of nitrogens with one attached hydrogen (secondary N) is 1. The van der Waals surface area contributed by atoms with Gasteiger partial charge in [-0.2, -0.15) is 0 Å². The molecule has 10 rings (SSSR count). The minimum Gasteiger partial charge on any atom is -0.360 e. The third-order valence-corrected chi connectivity index (χ3v) is 10.3. The van der Waals surface area contributed by atoms with Crippen LogP contribution in [0.3, 0.4) is 0 Å². The Hall–Kier alpha value is -5.62. The van der Waals surface area contributed by atoms with E-state index in [0.717, 1.165) is 64.9 Å². The number of benzene rings is 3. The summed E-state index contributed by atoms with van der Waals surface area (Å²) in [5.41, 5.74) is 15.2. The zero-order valence-corrected chi connectivity index (χ0v) is 25.8. The topological polar surface area (TPSA) is 65.8 Å². The van der Waals surface area contributed by atoms with Gasteiger partial charge in [-0.3, -0.25) is 20.0 Å². The van der Waals surface area contributed by atoms with Crippen LogP contribution in [0.15, 0.2) is 119 Å². The van der Waals surface area contributed by atoms with Gasteiger partial charge in [0.2, 0.25) is 0 Å². The zero-order chi connectivity index (χ0) is 30.9. The Morgan fingerprint density at radius 2 is 1.74 bits per heavy atom. The highest BCUT2D eigenvalue weighted by molar-refractivity contribution is 6.10. The molecule has 0 spiro atoms. The summed E-state index contributed by atoms with van der Waals surface area (Å²) in [7, 11) is 0. The van der Waals surface area contributed by atoms with Crippen molar-refractivity contribution in [1.29, 1.82) is 0 Å². The van der Waals surface area contributed by atoms with Gasteiger partial charge in [0.25, 0.3) is 0 Å². The van der Waals surface area contributed by atoms with Gasteiger partial charge < -0.3 is 10.2 Å². The van der Waals surface area contributed by atoms with Gasteiger partial charge in [0.05, 0.1) is 34.3 Å². The second-order valence-corrected chi connectivity index (χ2v) is 13.0. The Kier molecular flexibility index (Phi) is 5.92. The van der Waals surface area contributed by atoms with Crippen molar-refractivity contribution in [2.24, 2.45) is 9.98 Å². The minimum absolute atomic E-state index is 0.0739. The molecule has 0 fully saturated rings. The van der Waals surface area contributed by atoms with Crippen LogP contribution in [0.4, 0.5) is 5.69 Å². The summed E-state index contributed by atoms with van der Waals surface area (Å²) in [5, 5.41) is 4.96. The summed E-state index contributed by atoms with van der Waals surface area (Å²) in [6.07, 6.45) is 18.2. The Morgan fingerprint density at radius 3 is 2.66 bits per heavy atom. The Bertz CT molecular complexity index is 2240. The number of nitrogens with zero attached hydrogens (tertiary/aromatic N) is 5. The van der Waals surface area contributed by atoms with E-state index >= 15 is 0 Å². The van der Waals surface area contributed by atoms with Crippen molar-refractivity contribution >= 4 is 40.3 Å². The smallest absolute Gasteiger partial charge is 0.127 e. The summed E-state index contributed by atoms with van der Waals surface area (Å²) in [6, 6.07) is 28.0. The average molecular weight is 609 g/mol. The highest BCUT2D eigenvalue weighted by atomic mass is 15.3. The molecule has 0 bridgehead atoms. The van der Waals surface area contributed by atoms with E-state index in [1.807, 2.05) is 18.5 Å². The largest absolute Gasteiger partial charge is 0.360 e. The monoisotopic (exact) mass is 608 g/mol. The van der Waals surface area contributed by atoms with Crippen molar-refractivity contribution in [3.05, 3.63) is 149 Å². The maximum Gasteiger partial charge on any atom is 0.127 e. The van der Waals surface area contributed by atoms with Gasteiger partial charge in [-0.15, -0.1) is 0 Å². The van der Waals surface area contributed by atoms with E-state index in [-0.39, 0.29) is 18.1 Å². The highest BCUT2D eigenvalue weighted by Crippen LogP contribution is 2.46. The van der Waals surface area contributed by atoms with Crippen LogP contribution in [0.2, 0.25) is 0 Å². The number of aromatic nitrogens is 2. The van der Waals surface area contributed by atoms with Gasteiger partial charge in [0.1, 0.15) is 6.17 Å². The van der Waals surface area contributed by atoms with E-state index in [9.17, 15) is 0 Å². The van der Waals surface area contributed by atoms with E-state index in [1.54, 1.807) is 0 Å². The number of aryl methyl sites for hydroxylation is 1. The number of hydrogen-bond donors (Lipinski definition) is 1. The van der Waals surface area contributed by atoms with Crippen LogP contribution in [-0.2, 0) is 13.0 Å². The second-order valence-electron chi connectivity index (χ2n) is 13.0. The fraction of sp³-hybridized carbons (Fsp3) is 0.171. The molecule has 6 nitrogen and oxygen atoms in total. The minimum atomic E-state index is 0.0739. The van der Waals surface area contributed by atoms with Crippen LogP contribution in [0.1, 0.15) is 64.0 Å². The second kappa shape index (κ2) is 10.5. The van der Waals surface area contributed by atoms with Gasteiger partial charge in [0.15, 0.2) is 0 Å². The van der Waals surface area contributed by atoms with E-state index in [1.165, 1.54) is 39.2 Å². The van der Waals surface area contributed by atoms with Crippen molar-refractivity contribution < 1.29 is 0 Å². The first-order valence-electron chi connectivity index (χ1n) is 16.6. The number of allylic oxidation sites excluding steroid dienone is 2. The molecular formula is C41H32N6. The molecule has 0 radical (unpaired) electrons. The molecule has 0 saturated heterocycles. The molecule has 3 aromatic carbocycles. The molecule has 1 aliphatic carbocycles. The van der Waals surface area contributed by atoms with Crippen LogP contribution in [0, 0.1) is 0 Å². The van der Waals surface area contributed by atoms with Crippen molar-refractivity contribution in [3.8, 4) is 11.3 Å². The number of rotatable bonds is 4. The molecule has 6 heteroatoms. The third kappa shape index (κ3) is 4.24. The van der Waals surface area contributed by atoms with Gasteiger partial charge >= 0.3 is 0 Å². The molecule has 0 saturated carbocycles. The number of pyridine rings is 2. The molecule has 5 aliphatic rings. The highest BCUT2D eigenvalue weighted by Gasteiger charge is 2.38. The lowest BCUT2D eigenvalue weighted by atomic mass is 9.86. The van der Waals surface area contributed by atoms with E-state index in [0.29, 0.717) is 0 Å². The summed E-state index contributed by atoms with van der Waals surface area (Å²) < 4.78 is 0. The van der Waals surface area contributed by atoms with E-state index in [4.69, 9.17) is 15.0 Å². The maximum atomic E-state index is 5.31. The summed E-state index contributed by atoms with van der Waals surface area (Å²) in [4.78, 5) is 22.4. The fourth-order valence-electron chi connectivity index (χ4n) is 7.98. The van der Waals surface area contributed by atoms with Crippen LogP contribution >= 0.6 is 0 Å². The SMILES string of the molecule is C1=Cc2c(nc(-c3ccc(C4=NC(C5CC=Nc6c5ccc5cccnc65)C=C4)cc3)c3c2C2NC(c4ccccc4)=CN2C3)CC1. The summed E-state index contributed by atoms with van der Waals surface area (Å²) in [5.74, 6) is 0.248. The van der Waals surface area contributed by atoms with Gasteiger partial charge in [0, 0.05) is 64.4 Å². The van der Waals surface area contributed by atoms with Crippen LogP contribution in [-0.4, -0.2) is 32.8 Å². The van der Waals surface area contributed by atoms with E-state index in [2.05, 4.69) is 119 Å². The molecule has 0 amide bonds. The van der Waals surface area contributed by atoms with Crippen LogP contribution in [0.5, 0.6) is 0 Å². The van der Waals surface area contributed by atoms with Gasteiger partial charge in [-0.25, -0.2) is 0 Å². The quantitative estimate of drug-likeness (QED) is 0.223. The predicted octanol–water partition coefficient (Wildman–Crippen LogP) is 8.29. The fourth-order valence-corrected chi connectivity index (χ4v) is 7.98. The molecule has 1 N–H and O–H groups in total. The normalized spacial score (nSPS) is 21.6. The number of aliphatic imine (C=N–C) groups is 2. The zero-order valence-electron chi connectivity index (χ0n) is 25.8. The molecule has 3 atom stereocenters. The molecule has 5 aromatic rings.